The monoisotopic (exact) mass is 292 g/mol. The van der Waals surface area contributed by atoms with E-state index in [9.17, 15) is 4.79 Å². The minimum Gasteiger partial charge on any atom is -0.350 e. The first kappa shape index (κ1) is 14.4. The van der Waals surface area contributed by atoms with E-state index in [4.69, 9.17) is 0 Å². The first-order valence-corrected chi connectivity index (χ1v) is 7.48. The maximum atomic E-state index is 12.6. The lowest BCUT2D eigenvalue weighted by Gasteiger charge is -2.16. The van der Waals surface area contributed by atoms with Crippen LogP contribution in [0.25, 0.3) is 10.9 Å². The van der Waals surface area contributed by atoms with Crippen LogP contribution in [0, 0.1) is 6.92 Å². The van der Waals surface area contributed by atoms with E-state index in [2.05, 4.69) is 24.4 Å². The van der Waals surface area contributed by atoms with E-state index in [-0.39, 0.29) is 11.9 Å². The van der Waals surface area contributed by atoms with Gasteiger partial charge < -0.3 is 9.88 Å². The van der Waals surface area contributed by atoms with Crippen molar-refractivity contribution in [1.29, 1.82) is 0 Å². The molecule has 1 heterocycles. The zero-order valence-corrected chi connectivity index (χ0v) is 13.1. The van der Waals surface area contributed by atoms with Crippen molar-refractivity contribution in [3.05, 3.63) is 71.4 Å². The molecule has 1 atom stereocenters. The third-order valence-electron chi connectivity index (χ3n) is 4.14. The van der Waals surface area contributed by atoms with Crippen molar-refractivity contribution >= 4 is 16.8 Å². The number of nitrogens with one attached hydrogen (secondary N) is 1. The van der Waals surface area contributed by atoms with Crippen molar-refractivity contribution in [2.24, 2.45) is 7.05 Å². The maximum absolute atomic E-state index is 12.6. The molecule has 3 aromatic rings. The minimum absolute atomic E-state index is 0.0207. The first-order chi connectivity index (χ1) is 10.6. The van der Waals surface area contributed by atoms with Crippen LogP contribution in [-0.2, 0) is 7.05 Å². The number of fused-ring (bicyclic) bond motifs is 1. The molecule has 1 aromatic heterocycles. The molecule has 0 fully saturated rings. The molecular formula is C19H20N2O. The summed E-state index contributed by atoms with van der Waals surface area (Å²) in [6, 6.07) is 16.1. The molecule has 112 valence electrons. The van der Waals surface area contributed by atoms with Gasteiger partial charge in [0, 0.05) is 24.1 Å². The van der Waals surface area contributed by atoms with Gasteiger partial charge in [0.25, 0.3) is 5.91 Å². The molecule has 1 amide bonds. The SMILES string of the molecule is Cc1ccccc1[C@H](C)NC(=O)c1cn(C)c2ccccc12. The Bertz CT molecular complexity index is 832. The van der Waals surface area contributed by atoms with Gasteiger partial charge in [0.2, 0.25) is 0 Å². The largest absolute Gasteiger partial charge is 0.350 e. The van der Waals surface area contributed by atoms with E-state index >= 15 is 0 Å². The molecule has 0 unspecified atom stereocenters. The number of nitrogens with zero attached hydrogens (tertiary/aromatic N) is 1. The Morgan fingerprint density at radius 1 is 1.09 bits per heavy atom. The zero-order chi connectivity index (χ0) is 15.7. The van der Waals surface area contributed by atoms with Crippen molar-refractivity contribution in [1.82, 2.24) is 9.88 Å². The van der Waals surface area contributed by atoms with Crippen LogP contribution in [-0.4, -0.2) is 10.5 Å². The van der Waals surface area contributed by atoms with Gasteiger partial charge in [-0.25, -0.2) is 0 Å². The molecule has 3 rings (SSSR count). The van der Waals surface area contributed by atoms with Gasteiger partial charge in [0.05, 0.1) is 11.6 Å². The van der Waals surface area contributed by atoms with Crippen LogP contribution in [0.2, 0.25) is 0 Å². The van der Waals surface area contributed by atoms with Gasteiger partial charge in [-0.2, -0.15) is 0 Å². The minimum atomic E-state index is -0.0347. The Labute approximate surface area is 130 Å². The van der Waals surface area contributed by atoms with Gasteiger partial charge in [-0.1, -0.05) is 42.5 Å². The Morgan fingerprint density at radius 2 is 1.77 bits per heavy atom. The Balaban J connectivity index is 1.89. The van der Waals surface area contributed by atoms with Crippen LogP contribution >= 0.6 is 0 Å². The van der Waals surface area contributed by atoms with Gasteiger partial charge in [-0.15, -0.1) is 0 Å². The molecule has 1 N–H and O–H groups in total. The highest BCUT2D eigenvalue weighted by Crippen LogP contribution is 2.22. The highest BCUT2D eigenvalue weighted by Gasteiger charge is 2.17. The second-order valence-corrected chi connectivity index (χ2v) is 5.72. The van der Waals surface area contributed by atoms with Crippen molar-refractivity contribution in [3.63, 3.8) is 0 Å². The summed E-state index contributed by atoms with van der Waals surface area (Å²) in [4.78, 5) is 12.6. The van der Waals surface area contributed by atoms with E-state index in [0.29, 0.717) is 0 Å². The molecule has 0 aliphatic rings. The molecular weight excluding hydrogens is 272 g/mol. The number of aryl methyl sites for hydroxylation is 2. The van der Waals surface area contributed by atoms with E-state index in [1.165, 1.54) is 5.56 Å². The molecule has 0 saturated carbocycles. The number of amides is 1. The van der Waals surface area contributed by atoms with Gasteiger partial charge in [0.15, 0.2) is 0 Å². The number of hydrogen-bond donors (Lipinski definition) is 1. The average Bonchev–Trinajstić information content (AvgIpc) is 2.85. The first-order valence-electron chi connectivity index (χ1n) is 7.48. The summed E-state index contributed by atoms with van der Waals surface area (Å²) >= 11 is 0. The molecule has 0 spiro atoms. The van der Waals surface area contributed by atoms with Crippen molar-refractivity contribution in [3.8, 4) is 0 Å². The van der Waals surface area contributed by atoms with E-state index in [1.807, 2.05) is 61.1 Å². The number of carbonyl (C=O) groups excluding carboxylic acids is 1. The van der Waals surface area contributed by atoms with Crippen LogP contribution in [0.1, 0.15) is 34.5 Å². The summed E-state index contributed by atoms with van der Waals surface area (Å²) in [6.45, 7) is 4.08. The number of para-hydroxylation sites is 1. The average molecular weight is 292 g/mol. The highest BCUT2D eigenvalue weighted by atomic mass is 16.1. The molecule has 3 nitrogen and oxygen atoms in total. The fourth-order valence-electron chi connectivity index (χ4n) is 2.95. The predicted octanol–water partition coefficient (Wildman–Crippen LogP) is 3.98. The Hall–Kier alpha value is -2.55. The number of benzene rings is 2. The normalized spacial score (nSPS) is 12.3. The van der Waals surface area contributed by atoms with Gasteiger partial charge in [0.1, 0.15) is 0 Å². The van der Waals surface area contributed by atoms with E-state index in [1.54, 1.807) is 0 Å². The van der Waals surface area contributed by atoms with Crippen LogP contribution in [0.4, 0.5) is 0 Å². The summed E-state index contributed by atoms with van der Waals surface area (Å²) in [5.41, 5.74) is 4.12. The van der Waals surface area contributed by atoms with Gasteiger partial charge in [-0.3, -0.25) is 4.79 Å². The standard InChI is InChI=1S/C19H20N2O/c1-13-8-4-5-9-15(13)14(2)20-19(22)17-12-21(3)18-11-7-6-10-16(17)18/h4-12,14H,1-3H3,(H,20,22)/t14-/m0/s1. The predicted molar refractivity (Wildman–Crippen MR) is 90.0 cm³/mol. The number of aromatic nitrogens is 1. The van der Waals surface area contributed by atoms with Crippen molar-refractivity contribution < 1.29 is 4.79 Å². The van der Waals surface area contributed by atoms with Gasteiger partial charge in [-0.05, 0) is 31.0 Å². The lowest BCUT2D eigenvalue weighted by Crippen LogP contribution is -2.26. The summed E-state index contributed by atoms with van der Waals surface area (Å²) in [5, 5.41) is 4.09. The smallest absolute Gasteiger partial charge is 0.253 e. The highest BCUT2D eigenvalue weighted by molar-refractivity contribution is 6.07. The quantitative estimate of drug-likeness (QED) is 0.778. The molecule has 0 aliphatic heterocycles. The van der Waals surface area contributed by atoms with E-state index < -0.39 is 0 Å². The molecule has 0 aliphatic carbocycles. The number of rotatable bonds is 3. The lowest BCUT2D eigenvalue weighted by atomic mass is 10.0. The summed E-state index contributed by atoms with van der Waals surface area (Å²) < 4.78 is 1.99. The third kappa shape index (κ3) is 2.50. The van der Waals surface area contributed by atoms with Crippen molar-refractivity contribution in [2.75, 3.05) is 0 Å². The second-order valence-electron chi connectivity index (χ2n) is 5.72. The maximum Gasteiger partial charge on any atom is 0.253 e. The molecule has 0 bridgehead atoms. The van der Waals surface area contributed by atoms with Crippen LogP contribution < -0.4 is 5.32 Å². The molecule has 0 radical (unpaired) electrons. The third-order valence-corrected chi connectivity index (χ3v) is 4.14. The summed E-state index contributed by atoms with van der Waals surface area (Å²) in [6.07, 6.45) is 1.89. The molecule has 2 aromatic carbocycles. The van der Waals surface area contributed by atoms with Crippen LogP contribution in [0.15, 0.2) is 54.7 Å². The van der Waals surface area contributed by atoms with Gasteiger partial charge >= 0.3 is 0 Å². The fraction of sp³-hybridized carbons (Fsp3) is 0.211. The Morgan fingerprint density at radius 3 is 2.55 bits per heavy atom. The number of hydrogen-bond acceptors (Lipinski definition) is 1. The summed E-state index contributed by atoms with van der Waals surface area (Å²) in [5.74, 6) is -0.0347. The second kappa shape index (κ2) is 5.68. The molecule has 22 heavy (non-hydrogen) atoms. The fourth-order valence-corrected chi connectivity index (χ4v) is 2.95. The van der Waals surface area contributed by atoms with Crippen LogP contribution in [0.5, 0.6) is 0 Å². The summed E-state index contributed by atoms with van der Waals surface area (Å²) in [7, 11) is 1.96. The van der Waals surface area contributed by atoms with Crippen molar-refractivity contribution in [2.45, 2.75) is 19.9 Å². The number of carbonyl (C=O) groups is 1. The topological polar surface area (TPSA) is 34.0 Å². The zero-order valence-electron chi connectivity index (χ0n) is 13.1. The van der Waals surface area contributed by atoms with E-state index in [0.717, 1.165) is 22.0 Å². The molecule has 0 saturated heterocycles. The van der Waals surface area contributed by atoms with Crippen LogP contribution in [0.3, 0.4) is 0 Å². The lowest BCUT2D eigenvalue weighted by molar-refractivity contribution is 0.0941. The molecule has 3 heteroatoms. The Kier molecular flexibility index (Phi) is 3.72.